The van der Waals surface area contributed by atoms with Gasteiger partial charge in [0, 0.05) is 30.2 Å². The minimum Gasteiger partial charge on any atom is -0.466 e. The molecule has 2 aromatic rings. The Morgan fingerprint density at radius 2 is 2.03 bits per heavy atom. The van der Waals surface area contributed by atoms with E-state index in [1.165, 1.54) is 39.7 Å². The first kappa shape index (κ1) is 24.6. The summed E-state index contributed by atoms with van der Waals surface area (Å²) >= 11 is 2.69. The molecule has 1 saturated heterocycles. The first-order valence-corrected chi connectivity index (χ1v) is 13.6. The number of esters is 1. The Morgan fingerprint density at radius 3 is 2.72 bits per heavy atom. The zero-order valence-corrected chi connectivity index (χ0v) is 20.4. The van der Waals surface area contributed by atoms with Crippen molar-refractivity contribution in [2.24, 2.45) is 5.92 Å². The van der Waals surface area contributed by atoms with Gasteiger partial charge in [0.15, 0.2) is 5.78 Å². The number of nitrogens with one attached hydrogen (secondary N) is 1. The molecule has 0 bridgehead atoms. The molecule has 1 N–H and O–H groups in total. The minimum absolute atomic E-state index is 0.0140. The number of nitrogens with zero attached hydrogens (tertiary/aromatic N) is 3. The quantitative estimate of drug-likeness (QED) is 0.300. The van der Waals surface area contributed by atoms with Crippen LogP contribution in [0.3, 0.4) is 0 Å². The third-order valence-corrected chi connectivity index (χ3v) is 8.36. The second-order valence-corrected chi connectivity index (χ2v) is 11.0. The standard InChI is InChI=1S/C20H26N4O5S3/c1-3-29-18(26)14-8-10-24(11-9-14)32(27,28)16-7-5-6-15(12-16)17(25)13-21-19-22-20(23-31-19)30-4-2/h5-7,12,14H,3-4,8-11,13H2,1-2H3,(H,21,22,23). The van der Waals surface area contributed by atoms with Crippen LogP contribution >= 0.6 is 23.3 Å². The molecule has 32 heavy (non-hydrogen) atoms. The second kappa shape index (κ2) is 11.2. The SMILES string of the molecule is CCOC(=O)C1CCN(S(=O)(=O)c2cccc(C(=O)CNc3nc(SCC)ns3)c2)CC1. The van der Waals surface area contributed by atoms with E-state index in [4.69, 9.17) is 4.74 Å². The van der Waals surface area contributed by atoms with Gasteiger partial charge in [-0.2, -0.15) is 13.7 Å². The molecule has 1 aliphatic rings. The molecule has 1 fully saturated rings. The predicted molar refractivity (Wildman–Crippen MR) is 124 cm³/mol. The zero-order chi connectivity index (χ0) is 23.1. The fourth-order valence-corrected chi connectivity index (χ4v) is 6.08. The van der Waals surface area contributed by atoms with Crippen LogP contribution in [0.25, 0.3) is 0 Å². The van der Waals surface area contributed by atoms with Crippen molar-refractivity contribution < 1.29 is 22.7 Å². The predicted octanol–water partition coefficient (Wildman–Crippen LogP) is 2.91. The summed E-state index contributed by atoms with van der Waals surface area (Å²) in [4.78, 5) is 28.9. The smallest absolute Gasteiger partial charge is 0.309 e. The number of benzene rings is 1. The first-order chi connectivity index (χ1) is 15.3. The number of anilines is 1. The normalized spacial score (nSPS) is 15.4. The van der Waals surface area contributed by atoms with Crippen molar-refractivity contribution in [1.82, 2.24) is 13.7 Å². The highest BCUT2D eigenvalue weighted by atomic mass is 32.2. The van der Waals surface area contributed by atoms with E-state index in [1.807, 2.05) is 6.92 Å². The lowest BCUT2D eigenvalue weighted by Gasteiger charge is -2.30. The Labute approximate surface area is 196 Å². The van der Waals surface area contributed by atoms with E-state index in [2.05, 4.69) is 14.7 Å². The van der Waals surface area contributed by atoms with E-state index >= 15 is 0 Å². The van der Waals surface area contributed by atoms with Crippen LogP contribution in [0.1, 0.15) is 37.0 Å². The molecule has 0 aliphatic carbocycles. The summed E-state index contributed by atoms with van der Waals surface area (Å²) in [6.07, 6.45) is 0.835. The van der Waals surface area contributed by atoms with Crippen molar-refractivity contribution in [2.75, 3.05) is 37.3 Å². The van der Waals surface area contributed by atoms with Gasteiger partial charge in [-0.15, -0.1) is 0 Å². The molecule has 9 nitrogen and oxygen atoms in total. The summed E-state index contributed by atoms with van der Waals surface area (Å²) in [5, 5.41) is 4.15. The number of ketones is 1. The third kappa shape index (κ3) is 6.06. The van der Waals surface area contributed by atoms with Gasteiger partial charge in [0.05, 0.1) is 24.0 Å². The number of thioether (sulfide) groups is 1. The van der Waals surface area contributed by atoms with Crippen molar-refractivity contribution >= 4 is 50.2 Å². The van der Waals surface area contributed by atoms with Gasteiger partial charge in [0.25, 0.3) is 0 Å². The average Bonchev–Trinajstić information content (AvgIpc) is 3.25. The lowest BCUT2D eigenvalue weighted by atomic mass is 9.98. The van der Waals surface area contributed by atoms with E-state index in [-0.39, 0.29) is 42.2 Å². The average molecular weight is 499 g/mol. The molecule has 0 atom stereocenters. The number of hydrogen-bond acceptors (Lipinski definition) is 10. The fraction of sp³-hybridized carbons (Fsp3) is 0.500. The fourth-order valence-electron chi connectivity index (χ4n) is 3.30. The maximum Gasteiger partial charge on any atom is 0.309 e. The highest BCUT2D eigenvalue weighted by molar-refractivity contribution is 7.99. The summed E-state index contributed by atoms with van der Waals surface area (Å²) in [7, 11) is -3.76. The molecule has 0 spiro atoms. The molecular formula is C20H26N4O5S3. The lowest BCUT2D eigenvalue weighted by Crippen LogP contribution is -2.40. The van der Waals surface area contributed by atoms with E-state index in [0.717, 1.165) is 5.75 Å². The van der Waals surface area contributed by atoms with Crippen molar-refractivity contribution in [3.05, 3.63) is 29.8 Å². The Bertz CT molecular complexity index is 1050. The van der Waals surface area contributed by atoms with Crippen molar-refractivity contribution in [3.8, 4) is 0 Å². The molecule has 0 saturated carbocycles. The molecule has 0 amide bonds. The molecule has 3 rings (SSSR count). The Hall–Kier alpha value is -2.02. The van der Waals surface area contributed by atoms with Crippen LogP contribution in [0.2, 0.25) is 0 Å². The van der Waals surface area contributed by atoms with Crippen molar-refractivity contribution in [2.45, 2.75) is 36.7 Å². The van der Waals surface area contributed by atoms with Crippen molar-refractivity contribution in [3.63, 3.8) is 0 Å². The van der Waals surface area contributed by atoms with E-state index in [9.17, 15) is 18.0 Å². The van der Waals surface area contributed by atoms with Crippen molar-refractivity contribution in [1.29, 1.82) is 0 Å². The van der Waals surface area contributed by atoms with Gasteiger partial charge in [0.2, 0.25) is 20.3 Å². The number of aromatic nitrogens is 2. The Morgan fingerprint density at radius 1 is 1.28 bits per heavy atom. The maximum absolute atomic E-state index is 13.1. The molecule has 174 valence electrons. The molecule has 1 aliphatic heterocycles. The number of hydrogen-bond donors (Lipinski definition) is 1. The summed E-state index contributed by atoms with van der Waals surface area (Å²) in [5.41, 5.74) is 0.299. The minimum atomic E-state index is -3.76. The second-order valence-electron chi connectivity index (χ2n) is 7.05. The Kier molecular flexibility index (Phi) is 8.63. The van der Waals surface area contributed by atoms with Crippen LogP contribution in [0.4, 0.5) is 5.13 Å². The summed E-state index contributed by atoms with van der Waals surface area (Å²) < 4.78 is 36.7. The topological polar surface area (TPSA) is 119 Å². The van der Waals surface area contributed by atoms with E-state index in [1.54, 1.807) is 19.1 Å². The highest BCUT2D eigenvalue weighted by Crippen LogP contribution is 2.25. The van der Waals surface area contributed by atoms with Crippen LogP contribution in [-0.4, -0.2) is 65.8 Å². The number of Topliss-reactive ketones (excluding diaryl/α,β-unsaturated/α-hetero) is 1. The van der Waals surface area contributed by atoms with Gasteiger partial charge in [-0.1, -0.05) is 30.8 Å². The van der Waals surface area contributed by atoms with Crippen LogP contribution in [-0.2, 0) is 19.6 Å². The van der Waals surface area contributed by atoms with Crippen LogP contribution in [0.15, 0.2) is 34.3 Å². The first-order valence-electron chi connectivity index (χ1n) is 10.4. The molecule has 1 aromatic carbocycles. The summed E-state index contributed by atoms with van der Waals surface area (Å²) in [6, 6.07) is 6.03. The van der Waals surface area contributed by atoms with Gasteiger partial charge >= 0.3 is 5.97 Å². The monoisotopic (exact) mass is 498 g/mol. The van der Waals surface area contributed by atoms with Crippen LogP contribution < -0.4 is 5.32 Å². The van der Waals surface area contributed by atoms with Gasteiger partial charge in [-0.25, -0.2) is 8.42 Å². The van der Waals surface area contributed by atoms with Gasteiger partial charge in [-0.05, 0) is 37.7 Å². The zero-order valence-electron chi connectivity index (χ0n) is 17.9. The molecule has 2 heterocycles. The largest absolute Gasteiger partial charge is 0.466 e. The van der Waals surface area contributed by atoms with Gasteiger partial charge in [-0.3, -0.25) is 9.59 Å². The van der Waals surface area contributed by atoms with Crippen LogP contribution in [0, 0.1) is 5.92 Å². The number of carbonyl (C=O) groups excluding carboxylic acids is 2. The summed E-state index contributed by atoms with van der Waals surface area (Å²) in [6.45, 7) is 4.52. The molecule has 0 radical (unpaired) electrons. The van der Waals surface area contributed by atoms with Gasteiger partial charge < -0.3 is 10.1 Å². The number of piperidine rings is 1. The molecular weight excluding hydrogens is 472 g/mol. The summed E-state index contributed by atoms with van der Waals surface area (Å²) in [5.74, 6) is 0.0528. The molecule has 1 aromatic heterocycles. The molecule has 12 heteroatoms. The Balaban J connectivity index is 1.62. The highest BCUT2D eigenvalue weighted by Gasteiger charge is 2.33. The number of rotatable bonds is 10. The third-order valence-electron chi connectivity index (χ3n) is 4.95. The number of sulfonamides is 1. The number of carbonyl (C=O) groups is 2. The maximum atomic E-state index is 13.1. The lowest BCUT2D eigenvalue weighted by molar-refractivity contribution is -0.149. The number of ether oxygens (including phenoxy) is 1. The van der Waals surface area contributed by atoms with Crippen LogP contribution in [0.5, 0.6) is 0 Å². The van der Waals surface area contributed by atoms with E-state index in [0.29, 0.717) is 35.3 Å². The van der Waals surface area contributed by atoms with E-state index < -0.39 is 10.0 Å². The van der Waals surface area contributed by atoms with Gasteiger partial charge in [0.1, 0.15) is 0 Å². The molecule has 0 unspecified atom stereocenters.